The molecule has 1 saturated heterocycles. The van der Waals surface area contributed by atoms with Crippen molar-refractivity contribution in [1.82, 2.24) is 4.90 Å². The fourth-order valence-corrected chi connectivity index (χ4v) is 2.66. The average molecular weight is 280 g/mol. The van der Waals surface area contributed by atoms with Gasteiger partial charge in [0.05, 0.1) is 0 Å². The summed E-state index contributed by atoms with van der Waals surface area (Å²) in [5, 5.41) is 0. The Morgan fingerprint density at radius 1 is 1.37 bits per heavy atom. The molecule has 2 N–H and O–H groups in total. The van der Waals surface area contributed by atoms with E-state index in [0.717, 1.165) is 25.2 Å². The van der Waals surface area contributed by atoms with Crippen molar-refractivity contribution in [2.45, 2.75) is 33.2 Å². The molecule has 1 aromatic rings. The third-order valence-electron chi connectivity index (χ3n) is 3.94. The molecule has 4 heteroatoms. The van der Waals surface area contributed by atoms with Gasteiger partial charge < -0.3 is 5.73 Å². The highest BCUT2D eigenvalue weighted by atomic mass is 32.1. The second-order valence-corrected chi connectivity index (χ2v) is 6.55. The summed E-state index contributed by atoms with van der Waals surface area (Å²) in [7, 11) is 0. The third-order valence-corrected chi connectivity index (χ3v) is 4.16. The molecule has 0 atom stereocenters. The fourth-order valence-electron chi connectivity index (χ4n) is 2.47. The molecule has 19 heavy (non-hydrogen) atoms. The highest BCUT2D eigenvalue weighted by Crippen LogP contribution is 2.30. The molecule has 1 heterocycles. The van der Waals surface area contributed by atoms with Crippen LogP contribution in [-0.2, 0) is 6.54 Å². The Morgan fingerprint density at radius 3 is 2.58 bits per heavy atom. The number of rotatable bonds is 3. The lowest BCUT2D eigenvalue weighted by atomic mass is 9.82. The first-order valence-electron chi connectivity index (χ1n) is 6.68. The van der Waals surface area contributed by atoms with Crippen LogP contribution in [0.25, 0.3) is 0 Å². The molecular weight excluding hydrogens is 259 g/mol. The highest BCUT2D eigenvalue weighted by molar-refractivity contribution is 7.80. The number of thiocarbonyl (C=S) groups is 1. The predicted octanol–water partition coefficient (Wildman–Crippen LogP) is 3.08. The molecule has 0 spiro atoms. The van der Waals surface area contributed by atoms with E-state index in [4.69, 9.17) is 18.0 Å². The predicted molar refractivity (Wildman–Crippen MR) is 80.6 cm³/mol. The second kappa shape index (κ2) is 5.55. The van der Waals surface area contributed by atoms with Gasteiger partial charge in [0.2, 0.25) is 0 Å². The summed E-state index contributed by atoms with van der Waals surface area (Å²) < 4.78 is 13.3. The minimum absolute atomic E-state index is 0.270. The lowest BCUT2D eigenvalue weighted by Crippen LogP contribution is -2.37. The number of nitrogens with zero attached hydrogens (tertiary/aromatic N) is 1. The van der Waals surface area contributed by atoms with Gasteiger partial charge in [-0.15, -0.1) is 0 Å². The van der Waals surface area contributed by atoms with Crippen LogP contribution >= 0.6 is 12.2 Å². The minimum atomic E-state index is -0.286. The number of likely N-dealkylation sites (tertiary alicyclic amines) is 1. The Bertz CT molecular complexity index is 475. The van der Waals surface area contributed by atoms with Crippen molar-refractivity contribution in [3.05, 3.63) is 35.1 Å². The standard InChI is InChI=1S/C15H21FN2S/c1-15(2)5-7-18(8-6-15)10-11-3-4-12(16)9-13(11)14(17)19/h3-4,9H,5-8,10H2,1-2H3,(H2,17,19). The van der Waals surface area contributed by atoms with Crippen molar-refractivity contribution in [2.75, 3.05) is 13.1 Å². The summed E-state index contributed by atoms with van der Waals surface area (Å²) in [5.74, 6) is -0.286. The zero-order chi connectivity index (χ0) is 14.0. The van der Waals surface area contributed by atoms with E-state index in [0.29, 0.717) is 11.0 Å². The molecule has 0 aromatic heterocycles. The van der Waals surface area contributed by atoms with Crippen LogP contribution in [0.3, 0.4) is 0 Å². The monoisotopic (exact) mass is 280 g/mol. The number of halogens is 1. The molecule has 0 saturated carbocycles. The molecule has 0 unspecified atom stereocenters. The maximum absolute atomic E-state index is 13.3. The van der Waals surface area contributed by atoms with Gasteiger partial charge in [-0.3, -0.25) is 4.90 Å². The maximum Gasteiger partial charge on any atom is 0.123 e. The topological polar surface area (TPSA) is 29.3 Å². The minimum Gasteiger partial charge on any atom is -0.389 e. The molecule has 0 radical (unpaired) electrons. The van der Waals surface area contributed by atoms with E-state index in [1.54, 1.807) is 6.07 Å². The van der Waals surface area contributed by atoms with Gasteiger partial charge >= 0.3 is 0 Å². The van der Waals surface area contributed by atoms with Gasteiger partial charge in [-0.25, -0.2) is 4.39 Å². The van der Waals surface area contributed by atoms with Crippen LogP contribution in [0.1, 0.15) is 37.8 Å². The first-order chi connectivity index (χ1) is 8.87. The van der Waals surface area contributed by atoms with Crippen LogP contribution in [0, 0.1) is 11.2 Å². The largest absolute Gasteiger partial charge is 0.389 e. The summed E-state index contributed by atoms with van der Waals surface area (Å²) in [6.07, 6.45) is 2.38. The van der Waals surface area contributed by atoms with Crippen LogP contribution in [0.4, 0.5) is 4.39 Å². The Balaban J connectivity index is 2.10. The number of benzene rings is 1. The van der Waals surface area contributed by atoms with Crippen LogP contribution in [0.2, 0.25) is 0 Å². The van der Waals surface area contributed by atoms with Crippen molar-refractivity contribution in [3.63, 3.8) is 0 Å². The highest BCUT2D eigenvalue weighted by Gasteiger charge is 2.25. The quantitative estimate of drug-likeness (QED) is 0.863. The fraction of sp³-hybridized carbons (Fsp3) is 0.533. The number of piperidine rings is 1. The number of hydrogen-bond donors (Lipinski definition) is 1. The lowest BCUT2D eigenvalue weighted by molar-refractivity contribution is 0.127. The van der Waals surface area contributed by atoms with E-state index in [1.807, 2.05) is 0 Å². The summed E-state index contributed by atoms with van der Waals surface area (Å²) in [6, 6.07) is 4.71. The number of nitrogens with two attached hydrogens (primary N) is 1. The molecule has 2 rings (SSSR count). The summed E-state index contributed by atoms with van der Waals surface area (Å²) in [4.78, 5) is 2.66. The molecule has 0 aliphatic carbocycles. The van der Waals surface area contributed by atoms with Crippen molar-refractivity contribution in [3.8, 4) is 0 Å². The van der Waals surface area contributed by atoms with E-state index in [9.17, 15) is 4.39 Å². The lowest BCUT2D eigenvalue weighted by Gasteiger charge is -2.37. The molecular formula is C15H21FN2S. The van der Waals surface area contributed by atoms with E-state index in [-0.39, 0.29) is 10.8 Å². The normalized spacial score (nSPS) is 19.3. The van der Waals surface area contributed by atoms with Gasteiger partial charge in [-0.2, -0.15) is 0 Å². The van der Waals surface area contributed by atoms with Gasteiger partial charge in [0, 0.05) is 12.1 Å². The van der Waals surface area contributed by atoms with Crippen molar-refractivity contribution in [1.29, 1.82) is 0 Å². The smallest absolute Gasteiger partial charge is 0.123 e. The molecule has 2 nitrogen and oxygen atoms in total. The van der Waals surface area contributed by atoms with E-state index in [2.05, 4.69) is 18.7 Å². The summed E-state index contributed by atoms with van der Waals surface area (Å²) in [6.45, 7) is 7.55. The molecule has 1 aliphatic heterocycles. The zero-order valence-corrected chi connectivity index (χ0v) is 12.4. The average Bonchev–Trinajstić information content (AvgIpc) is 2.33. The van der Waals surface area contributed by atoms with Crippen LogP contribution in [0.5, 0.6) is 0 Å². The molecule has 0 amide bonds. The first-order valence-corrected chi connectivity index (χ1v) is 7.09. The van der Waals surface area contributed by atoms with Gasteiger partial charge in [0.1, 0.15) is 10.8 Å². The van der Waals surface area contributed by atoms with E-state index >= 15 is 0 Å². The molecule has 104 valence electrons. The van der Waals surface area contributed by atoms with Crippen LogP contribution in [0.15, 0.2) is 18.2 Å². The number of hydrogen-bond acceptors (Lipinski definition) is 2. The maximum atomic E-state index is 13.3. The Hall–Kier alpha value is -1.00. The first kappa shape index (κ1) is 14.4. The van der Waals surface area contributed by atoms with Gasteiger partial charge in [0.25, 0.3) is 0 Å². The Labute approximate surface area is 119 Å². The van der Waals surface area contributed by atoms with Crippen molar-refractivity contribution in [2.24, 2.45) is 11.1 Å². The van der Waals surface area contributed by atoms with Crippen LogP contribution in [-0.4, -0.2) is 23.0 Å². The van der Waals surface area contributed by atoms with E-state index in [1.165, 1.54) is 25.0 Å². The van der Waals surface area contributed by atoms with Crippen molar-refractivity contribution >= 4 is 17.2 Å². The Morgan fingerprint density at radius 2 is 2.00 bits per heavy atom. The van der Waals surface area contributed by atoms with Gasteiger partial charge in [-0.1, -0.05) is 32.1 Å². The molecule has 1 aromatic carbocycles. The van der Waals surface area contributed by atoms with E-state index < -0.39 is 0 Å². The van der Waals surface area contributed by atoms with Crippen LogP contribution < -0.4 is 5.73 Å². The SMILES string of the molecule is CC1(C)CCN(Cc2ccc(F)cc2C(N)=S)CC1. The molecule has 1 fully saturated rings. The van der Waals surface area contributed by atoms with Crippen molar-refractivity contribution < 1.29 is 4.39 Å². The Kier molecular flexibility index (Phi) is 4.21. The summed E-state index contributed by atoms with van der Waals surface area (Å²) in [5.41, 5.74) is 7.80. The molecule has 1 aliphatic rings. The second-order valence-electron chi connectivity index (χ2n) is 6.11. The summed E-state index contributed by atoms with van der Waals surface area (Å²) >= 11 is 5.01. The molecule has 0 bridgehead atoms. The zero-order valence-electron chi connectivity index (χ0n) is 11.6. The van der Waals surface area contributed by atoms with Gasteiger partial charge in [-0.05, 0) is 49.0 Å². The van der Waals surface area contributed by atoms with Gasteiger partial charge in [0.15, 0.2) is 0 Å². The third kappa shape index (κ3) is 3.74.